The molecule has 1 amide bonds. The summed E-state index contributed by atoms with van der Waals surface area (Å²) in [7, 11) is 0. The van der Waals surface area contributed by atoms with Crippen molar-refractivity contribution in [1.82, 2.24) is 19.3 Å². The monoisotopic (exact) mass is 391 g/mol. The number of hydrogen-bond acceptors (Lipinski definition) is 6. The summed E-state index contributed by atoms with van der Waals surface area (Å²) in [4.78, 5) is 25.6. The number of halogens is 1. The Morgan fingerprint density at radius 3 is 2.39 bits per heavy atom. The molecule has 0 bridgehead atoms. The van der Waals surface area contributed by atoms with E-state index in [2.05, 4.69) is 24.6 Å². The molecular weight excluding hydrogens is 377 g/mol. The zero-order valence-electron chi connectivity index (χ0n) is 14.8. The fourth-order valence-electron chi connectivity index (χ4n) is 2.57. The summed E-state index contributed by atoms with van der Waals surface area (Å²) in [5.74, 6) is 0.290. The summed E-state index contributed by atoms with van der Waals surface area (Å²) in [6.45, 7) is 1.76. The molecule has 0 aliphatic heterocycles. The number of nitrogens with one attached hydrogen (secondary N) is 1. The van der Waals surface area contributed by atoms with Crippen LogP contribution < -0.4 is 5.32 Å². The van der Waals surface area contributed by atoms with Crippen LogP contribution in [0.3, 0.4) is 0 Å². The molecule has 2 aromatic heterocycles. The highest BCUT2D eigenvalue weighted by Crippen LogP contribution is 2.22. The molecule has 2 aromatic carbocycles. The first kappa shape index (κ1) is 17.9. The fourth-order valence-corrected chi connectivity index (χ4v) is 3.16. The van der Waals surface area contributed by atoms with E-state index in [1.54, 1.807) is 19.1 Å². The molecule has 0 spiro atoms. The first-order valence-electron chi connectivity index (χ1n) is 8.40. The minimum atomic E-state index is -0.362. The normalized spacial score (nSPS) is 10.6. The van der Waals surface area contributed by atoms with Gasteiger partial charge in [-0.1, -0.05) is 30.3 Å². The Balaban J connectivity index is 1.52. The summed E-state index contributed by atoms with van der Waals surface area (Å²) in [6, 6.07) is 15.4. The number of carbonyl (C=O) groups is 1. The van der Waals surface area contributed by atoms with Gasteiger partial charge in [0.05, 0.1) is 11.3 Å². The molecule has 0 aliphatic rings. The van der Waals surface area contributed by atoms with Crippen molar-refractivity contribution < 1.29 is 9.18 Å². The van der Waals surface area contributed by atoms with Gasteiger partial charge in [0.25, 0.3) is 5.91 Å². The highest BCUT2D eigenvalue weighted by molar-refractivity contribution is 7.10. The van der Waals surface area contributed by atoms with Crippen LogP contribution in [0.25, 0.3) is 22.8 Å². The van der Waals surface area contributed by atoms with Gasteiger partial charge >= 0.3 is 0 Å². The van der Waals surface area contributed by atoms with Gasteiger partial charge in [-0.25, -0.2) is 14.4 Å². The minimum Gasteiger partial charge on any atom is -0.296 e. The van der Waals surface area contributed by atoms with E-state index in [9.17, 15) is 9.18 Å². The van der Waals surface area contributed by atoms with Gasteiger partial charge < -0.3 is 0 Å². The molecular formula is C20H14FN5OS. The van der Waals surface area contributed by atoms with Crippen LogP contribution in [0.4, 0.5) is 9.52 Å². The largest absolute Gasteiger partial charge is 0.296 e. The first-order valence-corrected chi connectivity index (χ1v) is 9.17. The Bertz CT molecular complexity index is 1130. The molecule has 28 heavy (non-hydrogen) atoms. The van der Waals surface area contributed by atoms with Crippen molar-refractivity contribution >= 4 is 22.6 Å². The second kappa shape index (κ2) is 7.61. The lowest BCUT2D eigenvalue weighted by Crippen LogP contribution is -2.15. The van der Waals surface area contributed by atoms with Crippen LogP contribution in [-0.2, 0) is 0 Å². The average molecular weight is 391 g/mol. The molecule has 0 atom stereocenters. The Kier molecular flexibility index (Phi) is 4.86. The second-order valence-corrected chi connectivity index (χ2v) is 6.69. The van der Waals surface area contributed by atoms with Gasteiger partial charge in [0.2, 0.25) is 5.13 Å². The summed E-state index contributed by atoms with van der Waals surface area (Å²) in [5.41, 5.74) is 2.48. The number of aromatic nitrogens is 4. The number of amides is 1. The van der Waals surface area contributed by atoms with Gasteiger partial charge in [-0.05, 0) is 31.2 Å². The smallest absolute Gasteiger partial charge is 0.260 e. The molecule has 2 heterocycles. The Morgan fingerprint density at radius 1 is 0.964 bits per heavy atom. The quantitative estimate of drug-likeness (QED) is 0.559. The van der Waals surface area contributed by atoms with E-state index >= 15 is 0 Å². The molecule has 1 N–H and O–H groups in total. The molecule has 8 heteroatoms. The van der Waals surface area contributed by atoms with Crippen molar-refractivity contribution in [2.75, 3.05) is 5.32 Å². The van der Waals surface area contributed by atoms with E-state index in [0.29, 0.717) is 33.6 Å². The summed E-state index contributed by atoms with van der Waals surface area (Å²) < 4.78 is 17.2. The average Bonchev–Trinajstić information content (AvgIpc) is 3.17. The van der Waals surface area contributed by atoms with E-state index in [-0.39, 0.29) is 11.7 Å². The maximum atomic E-state index is 13.0. The van der Waals surface area contributed by atoms with Gasteiger partial charge in [0.15, 0.2) is 11.6 Å². The van der Waals surface area contributed by atoms with Crippen molar-refractivity contribution in [2.45, 2.75) is 6.92 Å². The minimum absolute atomic E-state index is 0.332. The van der Waals surface area contributed by atoms with E-state index < -0.39 is 0 Å². The molecule has 138 valence electrons. The number of anilines is 1. The SMILES string of the molecule is Cc1nc(-c2ccccc2)ncc1C(=O)Nc1nc(-c2ccc(F)cc2)ns1. The Labute approximate surface area is 164 Å². The standard InChI is InChI=1S/C20H14FN5OS/c1-12-16(11-22-17(23-12)13-5-3-2-4-6-13)19(27)25-20-24-18(26-28-20)14-7-9-15(21)10-8-14/h2-11H,1H3,(H,24,25,26,27). The topological polar surface area (TPSA) is 80.7 Å². The third kappa shape index (κ3) is 3.77. The van der Waals surface area contributed by atoms with Gasteiger partial charge in [-0.2, -0.15) is 9.36 Å². The summed E-state index contributed by atoms with van der Waals surface area (Å²) in [5, 5.41) is 3.06. The highest BCUT2D eigenvalue weighted by Gasteiger charge is 2.15. The van der Waals surface area contributed by atoms with Crippen molar-refractivity contribution in [3.05, 3.63) is 77.9 Å². The van der Waals surface area contributed by atoms with E-state index in [4.69, 9.17) is 0 Å². The molecule has 0 radical (unpaired) electrons. The van der Waals surface area contributed by atoms with Gasteiger partial charge in [-0.3, -0.25) is 10.1 Å². The van der Waals surface area contributed by atoms with Crippen LogP contribution in [0.1, 0.15) is 16.1 Å². The second-order valence-electron chi connectivity index (χ2n) is 5.94. The molecule has 0 saturated heterocycles. The molecule has 4 rings (SSSR count). The lowest BCUT2D eigenvalue weighted by molar-refractivity contribution is 0.102. The number of aryl methyl sites for hydroxylation is 1. The van der Waals surface area contributed by atoms with Gasteiger partial charge in [0, 0.05) is 28.9 Å². The first-order chi connectivity index (χ1) is 13.6. The van der Waals surface area contributed by atoms with Crippen LogP contribution in [0.15, 0.2) is 60.8 Å². The third-order valence-corrected chi connectivity index (χ3v) is 4.64. The third-order valence-electron chi connectivity index (χ3n) is 4.00. The zero-order valence-corrected chi connectivity index (χ0v) is 15.6. The number of hydrogen-bond donors (Lipinski definition) is 1. The maximum absolute atomic E-state index is 13.0. The number of rotatable bonds is 4. The van der Waals surface area contributed by atoms with Crippen molar-refractivity contribution in [3.8, 4) is 22.8 Å². The van der Waals surface area contributed by atoms with Crippen molar-refractivity contribution in [1.29, 1.82) is 0 Å². The van der Waals surface area contributed by atoms with Crippen LogP contribution >= 0.6 is 11.5 Å². The molecule has 0 unspecified atom stereocenters. The van der Waals surface area contributed by atoms with E-state index in [1.807, 2.05) is 30.3 Å². The Morgan fingerprint density at radius 2 is 1.68 bits per heavy atom. The zero-order chi connectivity index (χ0) is 19.5. The number of carbonyl (C=O) groups excluding carboxylic acids is 1. The van der Waals surface area contributed by atoms with Crippen LogP contribution in [-0.4, -0.2) is 25.2 Å². The molecule has 0 fully saturated rings. The predicted octanol–water partition coefficient (Wildman–Crippen LogP) is 4.36. The lowest BCUT2D eigenvalue weighted by Gasteiger charge is -2.06. The van der Waals surface area contributed by atoms with Crippen LogP contribution in [0, 0.1) is 12.7 Å². The van der Waals surface area contributed by atoms with E-state index in [0.717, 1.165) is 17.1 Å². The molecule has 0 saturated carbocycles. The molecule has 4 aromatic rings. The molecule has 6 nitrogen and oxygen atoms in total. The van der Waals surface area contributed by atoms with Crippen molar-refractivity contribution in [2.24, 2.45) is 0 Å². The Hall–Kier alpha value is -3.52. The highest BCUT2D eigenvalue weighted by atomic mass is 32.1. The van der Waals surface area contributed by atoms with Gasteiger partial charge in [-0.15, -0.1) is 0 Å². The van der Waals surface area contributed by atoms with Gasteiger partial charge in [0.1, 0.15) is 5.82 Å². The maximum Gasteiger partial charge on any atom is 0.260 e. The van der Waals surface area contributed by atoms with Crippen molar-refractivity contribution in [3.63, 3.8) is 0 Å². The molecule has 0 aliphatic carbocycles. The lowest BCUT2D eigenvalue weighted by atomic mass is 10.2. The number of nitrogens with zero attached hydrogens (tertiary/aromatic N) is 4. The van der Waals surface area contributed by atoms with Crippen LogP contribution in [0.5, 0.6) is 0 Å². The number of benzene rings is 2. The fraction of sp³-hybridized carbons (Fsp3) is 0.0500. The van der Waals surface area contributed by atoms with E-state index in [1.165, 1.54) is 18.3 Å². The summed E-state index contributed by atoms with van der Waals surface area (Å²) in [6.07, 6.45) is 1.50. The predicted molar refractivity (Wildman–Crippen MR) is 105 cm³/mol. The van der Waals surface area contributed by atoms with Crippen LogP contribution in [0.2, 0.25) is 0 Å². The summed E-state index contributed by atoms with van der Waals surface area (Å²) >= 11 is 1.05.